The van der Waals surface area contributed by atoms with Crippen molar-refractivity contribution in [2.45, 2.75) is 10.4 Å². The average molecular weight is 407 g/mol. The Balaban J connectivity index is 1.61. The van der Waals surface area contributed by atoms with E-state index in [4.69, 9.17) is 0 Å². The Morgan fingerprint density at radius 3 is 2.27 bits per heavy atom. The minimum Gasteiger partial charge on any atom is -0.485 e. The van der Waals surface area contributed by atoms with Gasteiger partial charge in [-0.15, -0.1) is 11.3 Å². The summed E-state index contributed by atoms with van der Waals surface area (Å²) in [5, 5.41) is 9.85. The Hall–Kier alpha value is -1.91. The summed E-state index contributed by atoms with van der Waals surface area (Å²) in [7, 11) is 0. The van der Waals surface area contributed by atoms with Gasteiger partial charge in [0.1, 0.15) is 6.61 Å². The van der Waals surface area contributed by atoms with Crippen molar-refractivity contribution in [3.63, 3.8) is 0 Å². The molecule has 1 heterocycles. The van der Waals surface area contributed by atoms with Gasteiger partial charge in [-0.25, -0.2) is 18.2 Å². The molecule has 2 aromatic carbocycles. The van der Waals surface area contributed by atoms with E-state index in [0.29, 0.717) is 4.34 Å². The van der Waals surface area contributed by atoms with Gasteiger partial charge in [0.25, 0.3) is 0 Å². The summed E-state index contributed by atoms with van der Waals surface area (Å²) < 4.78 is 72.3. The van der Waals surface area contributed by atoms with Crippen LogP contribution >= 0.6 is 23.1 Å². The standard InChI is InChI=1S/C16H10F5NO2S2/c17-10-11(18)13(20)15(14(21)12(10)19)24-5-7(23)6-25-16-22-8-3-1-2-4-9(8)26-16/h1-4,7,23H,5-6H2/t7-/m0/s1. The van der Waals surface area contributed by atoms with Crippen LogP contribution in [0.5, 0.6) is 5.75 Å². The summed E-state index contributed by atoms with van der Waals surface area (Å²) in [5.74, 6) is -12.0. The van der Waals surface area contributed by atoms with Crippen molar-refractivity contribution in [2.24, 2.45) is 0 Å². The Labute approximate surface area is 152 Å². The number of fused-ring (bicyclic) bond motifs is 1. The highest BCUT2D eigenvalue weighted by atomic mass is 32.2. The van der Waals surface area contributed by atoms with Crippen molar-refractivity contribution >= 4 is 33.3 Å². The summed E-state index contributed by atoms with van der Waals surface area (Å²) >= 11 is 2.59. The van der Waals surface area contributed by atoms with Crippen LogP contribution in [0.1, 0.15) is 0 Å². The third-order valence-corrected chi connectivity index (χ3v) is 5.59. The third-order valence-electron chi connectivity index (χ3n) is 3.26. The predicted octanol–water partition coefficient (Wildman–Crippen LogP) is 4.52. The predicted molar refractivity (Wildman–Crippen MR) is 88.1 cm³/mol. The Morgan fingerprint density at radius 2 is 1.62 bits per heavy atom. The zero-order chi connectivity index (χ0) is 18.8. The van der Waals surface area contributed by atoms with E-state index in [9.17, 15) is 27.1 Å². The van der Waals surface area contributed by atoms with Crippen LogP contribution in [-0.4, -0.2) is 28.6 Å². The largest absolute Gasteiger partial charge is 0.485 e. The third kappa shape index (κ3) is 3.76. The molecule has 1 aromatic heterocycles. The molecule has 1 N–H and O–H groups in total. The van der Waals surface area contributed by atoms with Gasteiger partial charge in [0.2, 0.25) is 29.1 Å². The molecule has 26 heavy (non-hydrogen) atoms. The van der Waals surface area contributed by atoms with Gasteiger partial charge in [-0.1, -0.05) is 23.9 Å². The van der Waals surface area contributed by atoms with Gasteiger partial charge >= 0.3 is 0 Å². The number of thioether (sulfide) groups is 1. The molecule has 3 aromatic rings. The van der Waals surface area contributed by atoms with Crippen LogP contribution in [0.15, 0.2) is 28.6 Å². The van der Waals surface area contributed by atoms with Gasteiger partial charge in [-0.3, -0.25) is 0 Å². The minimum atomic E-state index is -2.26. The summed E-state index contributed by atoms with van der Waals surface area (Å²) in [6.07, 6.45) is -1.21. The number of para-hydroxylation sites is 1. The lowest BCUT2D eigenvalue weighted by Crippen LogP contribution is -2.21. The fourth-order valence-electron chi connectivity index (χ4n) is 2.02. The second kappa shape index (κ2) is 7.77. The topological polar surface area (TPSA) is 42.4 Å². The first-order chi connectivity index (χ1) is 12.4. The fourth-order valence-corrected chi connectivity index (χ4v) is 4.02. The van der Waals surface area contributed by atoms with E-state index < -0.39 is 47.5 Å². The number of aliphatic hydroxyl groups is 1. The molecule has 0 saturated carbocycles. The van der Waals surface area contributed by atoms with E-state index >= 15 is 0 Å². The van der Waals surface area contributed by atoms with E-state index in [2.05, 4.69) is 9.72 Å². The normalized spacial score (nSPS) is 12.5. The maximum atomic E-state index is 13.5. The lowest BCUT2D eigenvalue weighted by molar-refractivity contribution is 0.118. The number of thiazole rings is 1. The van der Waals surface area contributed by atoms with Gasteiger partial charge in [-0.05, 0) is 12.1 Å². The number of benzene rings is 2. The lowest BCUT2D eigenvalue weighted by Gasteiger charge is -2.13. The Morgan fingerprint density at radius 1 is 1.00 bits per heavy atom. The van der Waals surface area contributed by atoms with Crippen molar-refractivity contribution < 1.29 is 31.8 Å². The molecule has 0 radical (unpaired) electrons. The van der Waals surface area contributed by atoms with Crippen molar-refractivity contribution in [3.8, 4) is 5.75 Å². The van der Waals surface area contributed by atoms with E-state index in [-0.39, 0.29) is 5.75 Å². The highest BCUT2D eigenvalue weighted by molar-refractivity contribution is 8.01. The highest BCUT2D eigenvalue weighted by Crippen LogP contribution is 2.31. The van der Waals surface area contributed by atoms with E-state index in [0.717, 1.165) is 10.2 Å². The molecule has 0 aliphatic carbocycles. The molecular weight excluding hydrogens is 397 g/mol. The van der Waals surface area contributed by atoms with Crippen LogP contribution in [0.4, 0.5) is 22.0 Å². The van der Waals surface area contributed by atoms with Crippen LogP contribution < -0.4 is 4.74 Å². The molecule has 0 aliphatic rings. The molecule has 10 heteroatoms. The number of halogens is 5. The van der Waals surface area contributed by atoms with Crippen LogP contribution in [0.25, 0.3) is 10.2 Å². The second-order valence-electron chi connectivity index (χ2n) is 5.12. The van der Waals surface area contributed by atoms with Gasteiger partial charge in [-0.2, -0.15) is 8.78 Å². The maximum absolute atomic E-state index is 13.5. The first-order valence-electron chi connectivity index (χ1n) is 7.19. The van der Waals surface area contributed by atoms with Gasteiger partial charge in [0.15, 0.2) is 10.1 Å². The molecule has 0 amide bonds. The number of ether oxygens (including phenoxy) is 1. The molecule has 0 saturated heterocycles. The van der Waals surface area contributed by atoms with Crippen molar-refractivity contribution in [1.29, 1.82) is 0 Å². The van der Waals surface area contributed by atoms with Crippen LogP contribution in [0, 0.1) is 29.1 Å². The molecule has 1 atom stereocenters. The quantitative estimate of drug-likeness (QED) is 0.282. The molecule has 0 aliphatic heterocycles. The highest BCUT2D eigenvalue weighted by Gasteiger charge is 2.27. The zero-order valence-electron chi connectivity index (χ0n) is 12.8. The Kier molecular flexibility index (Phi) is 5.64. The number of aliphatic hydroxyl groups excluding tert-OH is 1. The molecule has 0 fully saturated rings. The number of nitrogens with zero attached hydrogens (tertiary/aromatic N) is 1. The van der Waals surface area contributed by atoms with Crippen molar-refractivity contribution in [3.05, 3.63) is 53.4 Å². The molecule has 0 spiro atoms. The zero-order valence-corrected chi connectivity index (χ0v) is 14.4. The van der Waals surface area contributed by atoms with E-state index in [1.165, 1.54) is 23.1 Å². The fraction of sp³-hybridized carbons (Fsp3) is 0.188. The molecule has 3 nitrogen and oxygen atoms in total. The van der Waals surface area contributed by atoms with Crippen molar-refractivity contribution in [1.82, 2.24) is 4.98 Å². The van der Waals surface area contributed by atoms with Crippen LogP contribution in [0.2, 0.25) is 0 Å². The summed E-state index contributed by atoms with van der Waals surface area (Å²) in [6.45, 7) is -0.643. The molecular formula is C16H10F5NO2S2. The van der Waals surface area contributed by atoms with Crippen molar-refractivity contribution in [2.75, 3.05) is 12.4 Å². The number of aromatic nitrogens is 1. The summed E-state index contributed by atoms with van der Waals surface area (Å²) in [6, 6.07) is 7.42. The number of hydrogen-bond donors (Lipinski definition) is 1. The number of rotatable bonds is 6. The smallest absolute Gasteiger partial charge is 0.206 e. The van der Waals surface area contributed by atoms with E-state index in [1.807, 2.05) is 24.3 Å². The minimum absolute atomic E-state index is 0.0647. The molecule has 138 valence electrons. The summed E-state index contributed by atoms with van der Waals surface area (Å²) in [4.78, 5) is 4.33. The first kappa shape index (κ1) is 18.9. The molecule has 3 rings (SSSR count). The van der Waals surface area contributed by atoms with Gasteiger partial charge in [0, 0.05) is 5.75 Å². The van der Waals surface area contributed by atoms with Crippen LogP contribution in [-0.2, 0) is 0 Å². The molecule has 0 bridgehead atoms. The average Bonchev–Trinajstić information content (AvgIpc) is 3.06. The first-order valence-corrected chi connectivity index (χ1v) is 8.99. The summed E-state index contributed by atoms with van der Waals surface area (Å²) in [5.41, 5.74) is 0.798. The Bertz CT molecular complexity index is 888. The monoisotopic (exact) mass is 407 g/mol. The SMILES string of the molecule is O[C@@H](COc1c(F)c(F)c(F)c(F)c1F)CSc1nc2ccccc2s1. The van der Waals surface area contributed by atoms with Crippen LogP contribution in [0.3, 0.4) is 0 Å². The number of hydrogen-bond acceptors (Lipinski definition) is 5. The van der Waals surface area contributed by atoms with Gasteiger partial charge < -0.3 is 9.84 Å². The van der Waals surface area contributed by atoms with Gasteiger partial charge in [0.05, 0.1) is 16.3 Å². The second-order valence-corrected chi connectivity index (χ2v) is 7.42. The molecule has 0 unspecified atom stereocenters. The van der Waals surface area contributed by atoms with E-state index in [1.54, 1.807) is 0 Å². The lowest BCUT2D eigenvalue weighted by atomic mass is 10.2. The maximum Gasteiger partial charge on any atom is 0.206 e.